The Morgan fingerprint density at radius 1 is 1.16 bits per heavy atom. The lowest BCUT2D eigenvalue weighted by Gasteiger charge is -2.33. The number of aromatic nitrogens is 1. The Kier molecular flexibility index (Phi) is 6.28. The minimum absolute atomic E-state index is 0.00633. The van der Waals surface area contributed by atoms with Crippen molar-refractivity contribution in [3.8, 4) is 0 Å². The Balaban J connectivity index is 1.19. The first-order valence-corrected chi connectivity index (χ1v) is 12.3. The van der Waals surface area contributed by atoms with Crippen molar-refractivity contribution in [3.05, 3.63) is 53.0 Å². The van der Waals surface area contributed by atoms with E-state index in [1.165, 1.54) is 20.7 Å². The van der Waals surface area contributed by atoms with Crippen LogP contribution >= 0.6 is 11.3 Å². The molecule has 3 aromatic rings. The first-order valence-electron chi connectivity index (χ1n) is 11.5. The number of aryl methyl sites for hydroxylation is 1. The molecule has 1 aromatic carbocycles. The van der Waals surface area contributed by atoms with Crippen LogP contribution in [0, 0.1) is 12.8 Å². The summed E-state index contributed by atoms with van der Waals surface area (Å²) in [5.41, 5.74) is 2.35. The van der Waals surface area contributed by atoms with Gasteiger partial charge < -0.3 is 19.9 Å². The molecule has 4 heterocycles. The SMILES string of the molecule is Cc1cc2c(N3CCC[C@@H](C(=O)NCc4ccc(N5CCOCC5)cc4)C3)nccc2s1. The lowest BCUT2D eigenvalue weighted by Crippen LogP contribution is -2.43. The zero-order chi connectivity index (χ0) is 21.9. The first-order chi connectivity index (χ1) is 15.7. The van der Waals surface area contributed by atoms with Crippen LogP contribution in [0.1, 0.15) is 23.3 Å². The number of nitrogens with one attached hydrogen (secondary N) is 1. The van der Waals surface area contributed by atoms with E-state index in [1.54, 1.807) is 11.3 Å². The van der Waals surface area contributed by atoms with E-state index in [2.05, 4.69) is 63.4 Å². The lowest BCUT2D eigenvalue weighted by molar-refractivity contribution is -0.125. The maximum Gasteiger partial charge on any atom is 0.225 e. The summed E-state index contributed by atoms with van der Waals surface area (Å²) >= 11 is 1.80. The average Bonchev–Trinajstić information content (AvgIpc) is 3.24. The van der Waals surface area contributed by atoms with Crippen LogP contribution in [-0.2, 0) is 16.1 Å². The highest BCUT2D eigenvalue weighted by molar-refractivity contribution is 7.19. The van der Waals surface area contributed by atoms with Gasteiger partial charge in [-0.05, 0) is 49.6 Å². The summed E-state index contributed by atoms with van der Waals surface area (Å²) in [6.45, 7) is 7.81. The Morgan fingerprint density at radius 2 is 1.97 bits per heavy atom. The Labute approximate surface area is 193 Å². The smallest absolute Gasteiger partial charge is 0.225 e. The average molecular weight is 451 g/mol. The largest absolute Gasteiger partial charge is 0.378 e. The molecule has 2 aromatic heterocycles. The molecule has 0 saturated carbocycles. The first kappa shape index (κ1) is 21.2. The minimum Gasteiger partial charge on any atom is -0.378 e. The summed E-state index contributed by atoms with van der Waals surface area (Å²) in [6, 6.07) is 12.8. The molecule has 1 atom stereocenters. The summed E-state index contributed by atoms with van der Waals surface area (Å²) in [4.78, 5) is 23.5. The molecule has 2 fully saturated rings. The number of piperidine rings is 1. The molecule has 1 N–H and O–H groups in total. The maximum absolute atomic E-state index is 13.0. The Bertz CT molecular complexity index is 1080. The summed E-state index contributed by atoms with van der Waals surface area (Å²) in [7, 11) is 0. The molecule has 5 rings (SSSR count). The van der Waals surface area contributed by atoms with Gasteiger partial charge in [0.15, 0.2) is 0 Å². The molecule has 0 spiro atoms. The summed E-state index contributed by atoms with van der Waals surface area (Å²) < 4.78 is 6.69. The van der Waals surface area contributed by atoms with Crippen LogP contribution in [0.15, 0.2) is 42.6 Å². The number of anilines is 2. The fourth-order valence-corrected chi connectivity index (χ4v) is 5.60. The Morgan fingerprint density at radius 3 is 2.78 bits per heavy atom. The number of nitrogens with zero attached hydrogens (tertiary/aromatic N) is 3. The molecule has 2 aliphatic heterocycles. The fourth-order valence-electron chi connectivity index (χ4n) is 4.69. The molecule has 0 aliphatic carbocycles. The third-order valence-corrected chi connectivity index (χ3v) is 7.43. The highest BCUT2D eigenvalue weighted by atomic mass is 32.1. The van der Waals surface area contributed by atoms with Gasteiger partial charge in [0.25, 0.3) is 0 Å². The number of thiophene rings is 1. The third kappa shape index (κ3) is 4.59. The van der Waals surface area contributed by atoms with Crippen molar-refractivity contribution in [2.45, 2.75) is 26.3 Å². The number of carbonyl (C=O) groups excluding carboxylic acids is 1. The van der Waals surface area contributed by atoms with E-state index in [1.807, 2.05) is 6.20 Å². The van der Waals surface area contributed by atoms with Crippen LogP contribution in [0.5, 0.6) is 0 Å². The van der Waals surface area contributed by atoms with E-state index in [-0.39, 0.29) is 11.8 Å². The number of morpholine rings is 1. The van der Waals surface area contributed by atoms with Crippen molar-refractivity contribution in [1.29, 1.82) is 0 Å². The molecule has 2 aliphatic rings. The molecule has 0 bridgehead atoms. The number of amides is 1. The van der Waals surface area contributed by atoms with Gasteiger partial charge in [0.2, 0.25) is 5.91 Å². The molecule has 6 nitrogen and oxygen atoms in total. The third-order valence-electron chi connectivity index (χ3n) is 6.42. The number of fused-ring (bicyclic) bond motifs is 1. The quantitative estimate of drug-likeness (QED) is 0.637. The van der Waals surface area contributed by atoms with E-state index >= 15 is 0 Å². The monoisotopic (exact) mass is 450 g/mol. The highest BCUT2D eigenvalue weighted by Gasteiger charge is 2.27. The van der Waals surface area contributed by atoms with E-state index in [4.69, 9.17) is 4.74 Å². The zero-order valence-electron chi connectivity index (χ0n) is 18.5. The van der Waals surface area contributed by atoms with Gasteiger partial charge in [-0.15, -0.1) is 11.3 Å². The maximum atomic E-state index is 13.0. The van der Waals surface area contributed by atoms with Crippen LogP contribution in [0.2, 0.25) is 0 Å². The van der Waals surface area contributed by atoms with Gasteiger partial charge in [0.05, 0.1) is 19.1 Å². The number of ether oxygens (including phenoxy) is 1. The summed E-state index contributed by atoms with van der Waals surface area (Å²) in [5.74, 6) is 1.15. The topological polar surface area (TPSA) is 57.7 Å². The van der Waals surface area contributed by atoms with Crippen molar-refractivity contribution in [1.82, 2.24) is 10.3 Å². The molecule has 0 unspecified atom stereocenters. The fraction of sp³-hybridized carbons (Fsp3) is 0.440. The number of pyridine rings is 1. The van der Waals surface area contributed by atoms with E-state index in [0.29, 0.717) is 6.54 Å². The van der Waals surface area contributed by atoms with Crippen LogP contribution in [0.3, 0.4) is 0 Å². The molecule has 0 radical (unpaired) electrons. The molecule has 2 saturated heterocycles. The predicted octanol–water partition coefficient (Wildman–Crippen LogP) is 3.97. The van der Waals surface area contributed by atoms with Crippen LogP contribution in [-0.4, -0.2) is 50.3 Å². The number of hydrogen-bond donors (Lipinski definition) is 1. The number of benzene rings is 1. The van der Waals surface area contributed by atoms with Crippen LogP contribution in [0.25, 0.3) is 10.1 Å². The summed E-state index contributed by atoms with van der Waals surface area (Å²) in [6.07, 6.45) is 3.82. The second-order valence-corrected chi connectivity index (χ2v) is 9.96. The second kappa shape index (κ2) is 9.46. The van der Waals surface area contributed by atoms with Crippen LogP contribution in [0.4, 0.5) is 11.5 Å². The van der Waals surface area contributed by atoms with E-state index in [0.717, 1.165) is 63.6 Å². The van der Waals surface area contributed by atoms with Crippen molar-refractivity contribution in [2.75, 3.05) is 49.2 Å². The molecule has 7 heteroatoms. The van der Waals surface area contributed by atoms with Crippen molar-refractivity contribution in [2.24, 2.45) is 5.92 Å². The molecular formula is C25H30N4O2S. The van der Waals surface area contributed by atoms with Gasteiger partial charge in [0, 0.05) is 59.6 Å². The minimum atomic E-state index is -0.00633. The van der Waals surface area contributed by atoms with Gasteiger partial charge in [-0.1, -0.05) is 12.1 Å². The molecular weight excluding hydrogens is 420 g/mol. The lowest BCUT2D eigenvalue weighted by atomic mass is 9.96. The van der Waals surface area contributed by atoms with Gasteiger partial charge in [-0.25, -0.2) is 4.98 Å². The van der Waals surface area contributed by atoms with Gasteiger partial charge in [-0.2, -0.15) is 0 Å². The summed E-state index contributed by atoms with van der Waals surface area (Å²) in [5, 5.41) is 4.37. The van der Waals surface area contributed by atoms with E-state index in [9.17, 15) is 4.79 Å². The van der Waals surface area contributed by atoms with Gasteiger partial charge in [0.1, 0.15) is 5.82 Å². The molecule has 32 heavy (non-hydrogen) atoms. The zero-order valence-corrected chi connectivity index (χ0v) is 19.4. The number of hydrogen-bond acceptors (Lipinski definition) is 6. The van der Waals surface area contributed by atoms with E-state index < -0.39 is 0 Å². The Hall–Kier alpha value is -2.64. The van der Waals surface area contributed by atoms with Crippen LogP contribution < -0.4 is 15.1 Å². The second-order valence-electron chi connectivity index (χ2n) is 8.67. The number of rotatable bonds is 5. The van der Waals surface area contributed by atoms with Gasteiger partial charge in [-0.3, -0.25) is 4.79 Å². The predicted molar refractivity (Wildman–Crippen MR) is 131 cm³/mol. The van der Waals surface area contributed by atoms with Crippen molar-refractivity contribution < 1.29 is 9.53 Å². The highest BCUT2D eigenvalue weighted by Crippen LogP contribution is 2.33. The van der Waals surface area contributed by atoms with Crippen molar-refractivity contribution >= 4 is 38.8 Å². The molecule has 168 valence electrons. The molecule has 1 amide bonds. The standard InChI is InChI=1S/C25H30N4O2S/c1-18-15-22-23(32-18)8-9-26-24(22)29-10-2-3-20(17-29)25(30)27-16-19-4-6-21(7-5-19)28-11-13-31-14-12-28/h4-9,15,20H,2-3,10-14,16-17H2,1H3,(H,27,30)/t20-/m1/s1. The van der Waals surface area contributed by atoms with Crippen molar-refractivity contribution in [3.63, 3.8) is 0 Å². The van der Waals surface area contributed by atoms with Gasteiger partial charge >= 0.3 is 0 Å². The normalized spacial score (nSPS) is 19.3. The number of carbonyl (C=O) groups is 1.